The number of pyridine rings is 1. The van der Waals surface area contributed by atoms with E-state index in [1.807, 2.05) is 19.3 Å². The molecule has 0 saturated carbocycles. The van der Waals surface area contributed by atoms with Gasteiger partial charge in [-0.2, -0.15) is 0 Å². The van der Waals surface area contributed by atoms with Gasteiger partial charge in [-0.3, -0.25) is 9.79 Å². The molecule has 2 aliphatic heterocycles. The first-order chi connectivity index (χ1) is 14.6. The number of guanidine groups is 1. The molecule has 0 radical (unpaired) electrons. The van der Waals surface area contributed by atoms with Crippen LogP contribution in [0.5, 0.6) is 0 Å². The van der Waals surface area contributed by atoms with Crippen molar-refractivity contribution in [1.82, 2.24) is 15.2 Å². The van der Waals surface area contributed by atoms with Gasteiger partial charge in [-0.25, -0.2) is 4.98 Å². The molecule has 0 bridgehead atoms. The first kappa shape index (κ1) is 25.7. The number of nitrogens with zero attached hydrogens (tertiary/aromatic N) is 4. The van der Waals surface area contributed by atoms with Gasteiger partial charge in [-0.05, 0) is 37.2 Å². The zero-order valence-electron chi connectivity index (χ0n) is 19.2. The molecule has 0 aliphatic carbocycles. The first-order valence-corrected chi connectivity index (χ1v) is 11.5. The Morgan fingerprint density at radius 2 is 2.06 bits per heavy atom. The number of hydrogen-bond donors (Lipinski definition) is 2. The Balaban J connectivity index is 0.00000341. The molecule has 3 rings (SSSR count). The van der Waals surface area contributed by atoms with Crippen LogP contribution >= 0.6 is 24.0 Å². The van der Waals surface area contributed by atoms with Crippen molar-refractivity contribution in [3.05, 3.63) is 23.9 Å². The summed E-state index contributed by atoms with van der Waals surface area (Å²) in [5, 5.41) is 3.55. The van der Waals surface area contributed by atoms with Crippen LogP contribution in [0.4, 0.5) is 5.82 Å². The molecule has 1 aromatic rings. The van der Waals surface area contributed by atoms with Crippen molar-refractivity contribution in [2.24, 2.45) is 28.5 Å². The molecule has 2 saturated heterocycles. The summed E-state index contributed by atoms with van der Waals surface area (Å²) in [6.07, 6.45) is 7.40. The van der Waals surface area contributed by atoms with Crippen molar-refractivity contribution in [2.45, 2.75) is 52.5 Å². The zero-order chi connectivity index (χ0) is 21.5. The topological polar surface area (TPSA) is 86.8 Å². The molecule has 174 valence electrons. The Kier molecular flexibility index (Phi) is 10.3. The lowest BCUT2D eigenvalue weighted by molar-refractivity contribution is -0.122. The average Bonchev–Trinajstić information content (AvgIpc) is 3.25. The number of aromatic nitrogens is 1. The lowest BCUT2D eigenvalue weighted by Crippen LogP contribution is -2.43. The van der Waals surface area contributed by atoms with E-state index in [4.69, 9.17) is 5.73 Å². The predicted molar refractivity (Wildman–Crippen MR) is 138 cm³/mol. The molecule has 7 nitrogen and oxygen atoms in total. The minimum atomic E-state index is -0.211. The van der Waals surface area contributed by atoms with Crippen LogP contribution in [0.15, 0.2) is 23.3 Å². The second kappa shape index (κ2) is 12.5. The summed E-state index contributed by atoms with van der Waals surface area (Å²) in [4.78, 5) is 25.5. The van der Waals surface area contributed by atoms with Gasteiger partial charge in [-0.15, -0.1) is 24.0 Å². The summed E-state index contributed by atoms with van der Waals surface area (Å²) in [5.74, 6) is 3.16. The molecule has 3 heterocycles. The van der Waals surface area contributed by atoms with Gasteiger partial charge < -0.3 is 20.9 Å². The van der Waals surface area contributed by atoms with E-state index < -0.39 is 0 Å². The summed E-state index contributed by atoms with van der Waals surface area (Å²) in [6.45, 7) is 8.97. The second-order valence-corrected chi connectivity index (χ2v) is 8.65. The number of halogens is 1. The summed E-state index contributed by atoms with van der Waals surface area (Å²) < 4.78 is 0. The van der Waals surface area contributed by atoms with Crippen LogP contribution in [-0.4, -0.2) is 55.0 Å². The van der Waals surface area contributed by atoms with Gasteiger partial charge in [-0.1, -0.05) is 32.8 Å². The highest BCUT2D eigenvalue weighted by Gasteiger charge is 2.30. The molecular weight excluding hydrogens is 503 g/mol. The molecule has 1 aromatic heterocycles. The molecule has 0 aromatic carbocycles. The van der Waals surface area contributed by atoms with E-state index in [9.17, 15) is 4.79 Å². The molecule has 31 heavy (non-hydrogen) atoms. The Hall–Kier alpha value is -1.58. The highest BCUT2D eigenvalue weighted by atomic mass is 127. The number of carbonyl (C=O) groups excluding carboxylic acids is 1. The summed E-state index contributed by atoms with van der Waals surface area (Å²) in [7, 11) is 1.86. The van der Waals surface area contributed by atoms with Gasteiger partial charge in [0.15, 0.2) is 5.96 Å². The normalized spacial score (nSPS) is 21.9. The van der Waals surface area contributed by atoms with Crippen LogP contribution in [0, 0.1) is 17.8 Å². The summed E-state index contributed by atoms with van der Waals surface area (Å²) >= 11 is 0. The van der Waals surface area contributed by atoms with E-state index in [1.165, 1.54) is 19.3 Å². The van der Waals surface area contributed by atoms with Crippen LogP contribution in [-0.2, 0) is 11.3 Å². The van der Waals surface area contributed by atoms with Gasteiger partial charge in [0.2, 0.25) is 5.91 Å². The molecule has 1 amide bonds. The van der Waals surface area contributed by atoms with Gasteiger partial charge >= 0.3 is 0 Å². The van der Waals surface area contributed by atoms with E-state index >= 15 is 0 Å². The van der Waals surface area contributed by atoms with Gasteiger partial charge in [0.05, 0.1) is 5.92 Å². The number of hydrogen-bond acceptors (Lipinski definition) is 4. The van der Waals surface area contributed by atoms with Crippen LogP contribution in [0.2, 0.25) is 0 Å². The van der Waals surface area contributed by atoms with E-state index in [2.05, 4.69) is 45.0 Å². The quantitative estimate of drug-likeness (QED) is 0.314. The Morgan fingerprint density at radius 1 is 1.29 bits per heavy atom. The third-order valence-electron chi connectivity index (χ3n) is 6.88. The molecule has 8 heteroatoms. The fourth-order valence-corrected chi connectivity index (χ4v) is 5.08. The Bertz CT molecular complexity index is 739. The van der Waals surface area contributed by atoms with Crippen LogP contribution < -0.4 is 16.0 Å². The van der Waals surface area contributed by atoms with Crippen LogP contribution in [0.1, 0.15) is 51.5 Å². The maximum atomic E-state index is 11.7. The summed E-state index contributed by atoms with van der Waals surface area (Å²) in [5.41, 5.74) is 6.69. The van der Waals surface area contributed by atoms with Crippen molar-refractivity contribution < 1.29 is 4.79 Å². The number of nitrogens with two attached hydrogens (primary N) is 1. The van der Waals surface area contributed by atoms with Crippen molar-refractivity contribution in [3.63, 3.8) is 0 Å². The SMILES string of the molecule is CCC(CC)C1CCN(C(=NC)NCc2cccnc2N2CCCC(C(N)=O)C2)C1.I. The Morgan fingerprint density at radius 3 is 2.74 bits per heavy atom. The predicted octanol–water partition coefficient (Wildman–Crippen LogP) is 3.23. The number of piperidine rings is 1. The number of likely N-dealkylation sites (tertiary alicyclic amines) is 1. The van der Waals surface area contributed by atoms with Gasteiger partial charge in [0.25, 0.3) is 0 Å². The maximum absolute atomic E-state index is 11.7. The lowest BCUT2D eigenvalue weighted by atomic mass is 9.87. The monoisotopic (exact) mass is 542 g/mol. The number of carbonyl (C=O) groups is 1. The lowest BCUT2D eigenvalue weighted by Gasteiger charge is -2.33. The van der Waals surface area contributed by atoms with Crippen molar-refractivity contribution in [2.75, 3.05) is 38.1 Å². The van der Waals surface area contributed by atoms with Crippen LogP contribution in [0.25, 0.3) is 0 Å². The van der Waals surface area contributed by atoms with Gasteiger partial charge in [0, 0.05) is 51.5 Å². The van der Waals surface area contributed by atoms with Crippen molar-refractivity contribution >= 4 is 41.7 Å². The number of nitrogens with one attached hydrogen (secondary N) is 1. The highest BCUT2D eigenvalue weighted by Crippen LogP contribution is 2.29. The van der Waals surface area contributed by atoms with Gasteiger partial charge in [0.1, 0.15) is 5.82 Å². The summed E-state index contributed by atoms with van der Waals surface area (Å²) in [6, 6.07) is 4.07. The highest BCUT2D eigenvalue weighted by molar-refractivity contribution is 14.0. The third-order valence-corrected chi connectivity index (χ3v) is 6.88. The average molecular weight is 543 g/mol. The fourth-order valence-electron chi connectivity index (χ4n) is 5.08. The first-order valence-electron chi connectivity index (χ1n) is 11.5. The second-order valence-electron chi connectivity index (χ2n) is 8.65. The van der Waals surface area contributed by atoms with E-state index in [0.29, 0.717) is 13.1 Å². The molecule has 2 fully saturated rings. The number of amides is 1. The third kappa shape index (κ3) is 6.46. The molecule has 3 N–H and O–H groups in total. The zero-order valence-corrected chi connectivity index (χ0v) is 21.5. The molecule has 2 aliphatic rings. The van der Waals surface area contributed by atoms with E-state index in [-0.39, 0.29) is 35.8 Å². The number of primary amides is 1. The molecule has 2 unspecified atom stereocenters. The molecule has 2 atom stereocenters. The maximum Gasteiger partial charge on any atom is 0.222 e. The Labute approximate surface area is 204 Å². The standard InChI is InChI=1S/C23H38N6O.HI/c1-4-17(5-2)19-10-13-29(15-19)23(25-3)27-14-18-8-6-11-26-22(18)28-12-7-9-20(16-28)21(24)30;/h6,8,11,17,19-20H,4-5,7,9-10,12-16H2,1-3H3,(H2,24,30)(H,25,27);1H. The van der Waals surface area contributed by atoms with Crippen LogP contribution in [0.3, 0.4) is 0 Å². The van der Waals surface area contributed by atoms with Crippen molar-refractivity contribution in [1.29, 1.82) is 0 Å². The smallest absolute Gasteiger partial charge is 0.222 e. The fraction of sp³-hybridized carbons (Fsp3) is 0.696. The molecular formula is C23H39IN6O. The van der Waals surface area contributed by atoms with E-state index in [0.717, 1.165) is 61.7 Å². The minimum Gasteiger partial charge on any atom is -0.369 e. The number of anilines is 1. The largest absolute Gasteiger partial charge is 0.369 e. The van der Waals surface area contributed by atoms with E-state index in [1.54, 1.807) is 0 Å². The molecule has 0 spiro atoms. The number of rotatable bonds is 7. The van der Waals surface area contributed by atoms with Crippen molar-refractivity contribution in [3.8, 4) is 0 Å². The minimum absolute atomic E-state index is 0. The number of aliphatic imine (C=N–C) groups is 1.